The predicted molar refractivity (Wildman–Crippen MR) is 61.0 cm³/mol. The van der Waals surface area contributed by atoms with Crippen molar-refractivity contribution in [2.24, 2.45) is 0 Å². The Morgan fingerprint density at radius 1 is 1.33 bits per heavy atom. The molecule has 0 aromatic heterocycles. The molecule has 1 aromatic rings. The molecule has 15 heavy (non-hydrogen) atoms. The maximum atomic E-state index is 11.7. The van der Waals surface area contributed by atoms with E-state index in [-0.39, 0.29) is 11.8 Å². The first-order valence-electron chi connectivity index (χ1n) is 4.86. The lowest BCUT2D eigenvalue weighted by molar-refractivity contribution is -0.117. The first-order valence-corrected chi connectivity index (χ1v) is 5.24. The quantitative estimate of drug-likeness (QED) is 0.790. The molecular formula is C12H12ClNO. The smallest absolute Gasteiger partial charge is 0.177 e. The zero-order valence-corrected chi connectivity index (χ0v) is 9.21. The topological polar surface area (TPSA) is 29.1 Å². The normalized spacial score (nSPS) is 21.3. The van der Waals surface area contributed by atoms with E-state index < -0.39 is 0 Å². The fourth-order valence-electron chi connectivity index (χ4n) is 1.68. The van der Waals surface area contributed by atoms with Crippen molar-refractivity contribution in [1.82, 2.24) is 5.32 Å². The van der Waals surface area contributed by atoms with Crippen LogP contribution in [0.15, 0.2) is 35.9 Å². The molecule has 3 heteroatoms. The van der Waals surface area contributed by atoms with Crippen molar-refractivity contribution >= 4 is 17.4 Å². The third-order valence-corrected chi connectivity index (χ3v) is 2.71. The van der Waals surface area contributed by atoms with Crippen LogP contribution in [0, 0.1) is 0 Å². The Morgan fingerprint density at radius 3 is 2.60 bits per heavy atom. The number of ketones is 1. The summed E-state index contributed by atoms with van der Waals surface area (Å²) in [5.74, 6) is 0.112. The molecule has 1 unspecified atom stereocenters. The number of carbonyl (C=O) groups excluding carboxylic acids is 1. The van der Waals surface area contributed by atoms with E-state index in [4.69, 9.17) is 11.6 Å². The van der Waals surface area contributed by atoms with Crippen molar-refractivity contribution in [3.05, 3.63) is 46.5 Å². The zero-order chi connectivity index (χ0) is 10.8. The molecule has 0 aliphatic carbocycles. The highest BCUT2D eigenvalue weighted by Gasteiger charge is 2.21. The molecule has 1 aliphatic rings. The Bertz CT molecular complexity index is 408. The van der Waals surface area contributed by atoms with Crippen molar-refractivity contribution in [3.8, 4) is 0 Å². The van der Waals surface area contributed by atoms with Crippen molar-refractivity contribution in [1.29, 1.82) is 0 Å². The summed E-state index contributed by atoms with van der Waals surface area (Å²) in [4.78, 5) is 11.7. The van der Waals surface area contributed by atoms with E-state index in [9.17, 15) is 4.79 Å². The van der Waals surface area contributed by atoms with E-state index in [0.29, 0.717) is 5.02 Å². The van der Waals surface area contributed by atoms with E-state index in [0.717, 1.165) is 17.7 Å². The summed E-state index contributed by atoms with van der Waals surface area (Å²) < 4.78 is 0. The van der Waals surface area contributed by atoms with Crippen molar-refractivity contribution in [2.45, 2.75) is 13.0 Å². The SMILES string of the molecule is CC1=CC(=O)C(c2ccc(Cl)cc2)NC1. The number of carbonyl (C=O) groups is 1. The number of nitrogens with one attached hydrogen (secondary N) is 1. The second kappa shape index (κ2) is 4.17. The highest BCUT2D eigenvalue weighted by Crippen LogP contribution is 2.20. The lowest BCUT2D eigenvalue weighted by Crippen LogP contribution is -2.33. The molecule has 1 heterocycles. The van der Waals surface area contributed by atoms with Crippen LogP contribution in [0.3, 0.4) is 0 Å². The van der Waals surface area contributed by atoms with Gasteiger partial charge < -0.3 is 0 Å². The van der Waals surface area contributed by atoms with Crippen LogP contribution in [0.25, 0.3) is 0 Å². The van der Waals surface area contributed by atoms with Crippen molar-refractivity contribution in [2.75, 3.05) is 6.54 Å². The van der Waals surface area contributed by atoms with Gasteiger partial charge in [-0.1, -0.05) is 29.3 Å². The van der Waals surface area contributed by atoms with Gasteiger partial charge in [-0.05, 0) is 30.7 Å². The van der Waals surface area contributed by atoms with Crippen molar-refractivity contribution < 1.29 is 4.79 Å². The maximum Gasteiger partial charge on any atom is 0.177 e. The summed E-state index contributed by atoms with van der Waals surface area (Å²) >= 11 is 5.79. The zero-order valence-electron chi connectivity index (χ0n) is 8.46. The summed E-state index contributed by atoms with van der Waals surface area (Å²) in [6, 6.07) is 7.15. The molecule has 0 amide bonds. The minimum Gasteiger partial charge on any atom is -0.300 e. The predicted octanol–water partition coefficient (Wildman–Crippen LogP) is 2.50. The molecule has 78 valence electrons. The van der Waals surface area contributed by atoms with Gasteiger partial charge in [-0.2, -0.15) is 0 Å². The number of hydrogen-bond acceptors (Lipinski definition) is 2. The molecule has 1 aliphatic heterocycles. The van der Waals surface area contributed by atoms with Gasteiger partial charge in [0.25, 0.3) is 0 Å². The van der Waals surface area contributed by atoms with Crippen LogP contribution in [-0.2, 0) is 4.79 Å². The minimum atomic E-state index is -0.217. The van der Waals surface area contributed by atoms with Gasteiger partial charge >= 0.3 is 0 Å². The third kappa shape index (κ3) is 2.28. The number of benzene rings is 1. The van der Waals surface area contributed by atoms with Crippen LogP contribution < -0.4 is 5.32 Å². The molecule has 0 saturated carbocycles. The van der Waals surface area contributed by atoms with Gasteiger partial charge in [-0.25, -0.2) is 0 Å². The van der Waals surface area contributed by atoms with Crippen LogP contribution >= 0.6 is 11.6 Å². The van der Waals surface area contributed by atoms with Crippen LogP contribution in [0.2, 0.25) is 5.02 Å². The van der Waals surface area contributed by atoms with Gasteiger partial charge in [0.2, 0.25) is 0 Å². The second-order valence-corrected chi connectivity index (χ2v) is 4.19. The van der Waals surface area contributed by atoms with Crippen LogP contribution in [0.5, 0.6) is 0 Å². The van der Waals surface area contributed by atoms with Gasteiger partial charge in [0.05, 0.1) is 6.04 Å². The van der Waals surface area contributed by atoms with E-state index in [1.54, 1.807) is 18.2 Å². The highest BCUT2D eigenvalue weighted by molar-refractivity contribution is 6.30. The summed E-state index contributed by atoms with van der Waals surface area (Å²) in [5, 5.41) is 3.88. The highest BCUT2D eigenvalue weighted by atomic mass is 35.5. The first kappa shape index (κ1) is 10.4. The number of halogens is 1. The van der Waals surface area contributed by atoms with Crippen LogP contribution in [0.4, 0.5) is 0 Å². The molecule has 2 nitrogen and oxygen atoms in total. The van der Waals surface area contributed by atoms with E-state index in [2.05, 4.69) is 5.32 Å². The van der Waals surface area contributed by atoms with Crippen LogP contribution in [0.1, 0.15) is 18.5 Å². The molecule has 0 fully saturated rings. The Balaban J connectivity index is 2.25. The fraction of sp³-hybridized carbons (Fsp3) is 0.250. The van der Waals surface area contributed by atoms with E-state index in [1.165, 1.54) is 0 Å². The van der Waals surface area contributed by atoms with E-state index >= 15 is 0 Å². The average molecular weight is 222 g/mol. The lowest BCUT2D eigenvalue weighted by atomic mass is 9.98. The van der Waals surface area contributed by atoms with Gasteiger partial charge in [0.1, 0.15) is 0 Å². The lowest BCUT2D eigenvalue weighted by Gasteiger charge is -2.21. The minimum absolute atomic E-state index is 0.112. The summed E-state index contributed by atoms with van der Waals surface area (Å²) in [6.07, 6.45) is 1.70. The molecule has 0 saturated heterocycles. The third-order valence-electron chi connectivity index (χ3n) is 2.46. The molecule has 0 bridgehead atoms. The average Bonchev–Trinajstić information content (AvgIpc) is 2.20. The monoisotopic (exact) mass is 221 g/mol. The largest absolute Gasteiger partial charge is 0.300 e. The molecule has 1 atom stereocenters. The Hall–Kier alpha value is -1.12. The Labute approximate surface area is 93.9 Å². The standard InChI is InChI=1S/C12H12ClNO/c1-8-6-11(15)12(14-7-8)9-2-4-10(13)5-3-9/h2-6,12,14H,7H2,1H3. The molecule has 1 aromatic carbocycles. The fourth-order valence-corrected chi connectivity index (χ4v) is 1.80. The Kier molecular flexibility index (Phi) is 2.89. The molecule has 2 rings (SSSR count). The summed E-state index contributed by atoms with van der Waals surface area (Å²) in [7, 11) is 0. The van der Waals surface area contributed by atoms with Crippen LogP contribution in [-0.4, -0.2) is 12.3 Å². The van der Waals surface area contributed by atoms with Gasteiger partial charge in [0.15, 0.2) is 5.78 Å². The Morgan fingerprint density at radius 2 is 2.00 bits per heavy atom. The maximum absolute atomic E-state index is 11.7. The second-order valence-electron chi connectivity index (χ2n) is 3.76. The van der Waals surface area contributed by atoms with E-state index in [1.807, 2.05) is 19.1 Å². The summed E-state index contributed by atoms with van der Waals surface area (Å²) in [6.45, 7) is 2.71. The number of hydrogen-bond donors (Lipinski definition) is 1. The molecular weight excluding hydrogens is 210 g/mol. The molecule has 0 spiro atoms. The van der Waals surface area contributed by atoms with Crippen molar-refractivity contribution in [3.63, 3.8) is 0 Å². The molecule has 1 N–H and O–H groups in total. The van der Waals surface area contributed by atoms with Gasteiger partial charge in [-0.3, -0.25) is 10.1 Å². The summed E-state index contributed by atoms with van der Waals surface area (Å²) in [5.41, 5.74) is 2.04. The molecule has 0 radical (unpaired) electrons. The first-order chi connectivity index (χ1) is 7.16. The van der Waals surface area contributed by atoms with Gasteiger partial charge in [-0.15, -0.1) is 0 Å². The number of rotatable bonds is 1. The van der Waals surface area contributed by atoms with Gasteiger partial charge in [0, 0.05) is 11.6 Å².